The van der Waals surface area contributed by atoms with Crippen molar-refractivity contribution in [3.8, 4) is 0 Å². The molecule has 0 saturated carbocycles. The zero-order valence-electron chi connectivity index (χ0n) is 21.8. The summed E-state index contributed by atoms with van der Waals surface area (Å²) in [6, 6.07) is 21.8. The fourth-order valence-corrected chi connectivity index (χ4v) is 5.20. The highest BCUT2D eigenvalue weighted by molar-refractivity contribution is 5.92. The first-order chi connectivity index (χ1) is 18.8. The van der Waals surface area contributed by atoms with E-state index in [0.717, 1.165) is 29.7 Å². The molecule has 39 heavy (non-hydrogen) atoms. The second-order valence-corrected chi connectivity index (χ2v) is 10.1. The molecule has 3 N–H and O–H groups in total. The summed E-state index contributed by atoms with van der Waals surface area (Å²) in [5.41, 5.74) is 9.27. The van der Waals surface area contributed by atoms with Crippen molar-refractivity contribution in [1.82, 2.24) is 14.4 Å². The van der Waals surface area contributed by atoms with Gasteiger partial charge in [-0.1, -0.05) is 48.5 Å². The summed E-state index contributed by atoms with van der Waals surface area (Å²) in [5, 5.41) is 9.99. The van der Waals surface area contributed by atoms with Gasteiger partial charge in [-0.25, -0.2) is 4.79 Å². The lowest BCUT2D eigenvalue weighted by molar-refractivity contribution is -0.131. The number of amides is 2. The molecule has 2 atom stereocenters. The number of nitrogens with zero attached hydrogens (tertiary/aromatic N) is 3. The first kappa shape index (κ1) is 26.4. The van der Waals surface area contributed by atoms with Crippen molar-refractivity contribution in [3.05, 3.63) is 106 Å². The van der Waals surface area contributed by atoms with Crippen molar-refractivity contribution < 1.29 is 19.1 Å². The van der Waals surface area contributed by atoms with Gasteiger partial charge in [0.2, 0.25) is 11.8 Å². The third kappa shape index (κ3) is 5.94. The van der Waals surface area contributed by atoms with Crippen LogP contribution in [0.15, 0.2) is 82.0 Å². The van der Waals surface area contributed by atoms with E-state index in [-0.39, 0.29) is 31.0 Å². The van der Waals surface area contributed by atoms with Gasteiger partial charge < -0.3 is 20.2 Å². The number of carbonyl (C=O) groups excluding carboxylic acids is 2. The maximum absolute atomic E-state index is 13.5. The Labute approximate surface area is 226 Å². The average molecular weight is 529 g/mol. The number of oxazole rings is 1. The van der Waals surface area contributed by atoms with Crippen LogP contribution in [0.5, 0.6) is 0 Å². The maximum Gasteiger partial charge on any atom is 0.420 e. The van der Waals surface area contributed by atoms with Crippen LogP contribution in [0.4, 0.5) is 0 Å². The maximum atomic E-state index is 13.5. The SMILES string of the molecule is CN(C(=O)Cc1ccc2oc(=O)n(Cc3cccc(C(N)=O)c3)c2c1)C(CN1CC[C@H](O)C1)c1ccccc1. The Morgan fingerprint density at radius 1 is 1.08 bits per heavy atom. The van der Waals surface area contributed by atoms with Crippen LogP contribution in [0.3, 0.4) is 0 Å². The number of hydrogen-bond acceptors (Lipinski definition) is 6. The Morgan fingerprint density at radius 2 is 1.87 bits per heavy atom. The minimum atomic E-state index is -0.541. The number of hydrogen-bond donors (Lipinski definition) is 2. The Kier molecular flexibility index (Phi) is 7.63. The lowest BCUT2D eigenvalue weighted by atomic mass is 10.0. The topological polar surface area (TPSA) is 122 Å². The summed E-state index contributed by atoms with van der Waals surface area (Å²) < 4.78 is 6.91. The molecule has 1 fully saturated rings. The van der Waals surface area contributed by atoms with Crippen molar-refractivity contribution in [2.24, 2.45) is 5.73 Å². The van der Waals surface area contributed by atoms with Crippen LogP contribution in [0.1, 0.15) is 39.5 Å². The molecule has 4 aromatic rings. The molecule has 0 radical (unpaired) electrons. The monoisotopic (exact) mass is 528 g/mol. The van der Waals surface area contributed by atoms with Crippen LogP contribution in [0.2, 0.25) is 0 Å². The number of aromatic nitrogens is 1. The summed E-state index contributed by atoms with van der Waals surface area (Å²) in [6.45, 7) is 2.22. The van der Waals surface area contributed by atoms with E-state index in [9.17, 15) is 19.5 Å². The summed E-state index contributed by atoms with van der Waals surface area (Å²) in [5.74, 6) is -1.12. The molecule has 1 unspecified atom stereocenters. The number of rotatable bonds is 9. The number of nitrogens with two attached hydrogens (primary N) is 1. The highest BCUT2D eigenvalue weighted by Gasteiger charge is 2.28. The van der Waals surface area contributed by atoms with Crippen LogP contribution in [0.25, 0.3) is 11.1 Å². The number of benzene rings is 3. The zero-order chi connectivity index (χ0) is 27.5. The van der Waals surface area contributed by atoms with E-state index in [4.69, 9.17) is 10.2 Å². The molecule has 9 heteroatoms. The Hall–Kier alpha value is -4.21. The van der Waals surface area contributed by atoms with E-state index in [1.165, 1.54) is 4.57 Å². The van der Waals surface area contributed by atoms with Crippen LogP contribution in [-0.4, -0.2) is 64.1 Å². The van der Waals surface area contributed by atoms with E-state index in [1.54, 1.807) is 41.3 Å². The van der Waals surface area contributed by atoms with Crippen LogP contribution >= 0.6 is 0 Å². The van der Waals surface area contributed by atoms with Crippen molar-refractivity contribution >= 4 is 22.9 Å². The minimum Gasteiger partial charge on any atom is -0.408 e. The van der Waals surface area contributed by atoms with Crippen molar-refractivity contribution in [2.45, 2.75) is 31.5 Å². The largest absolute Gasteiger partial charge is 0.420 e. The predicted octanol–water partition coefficient (Wildman–Crippen LogP) is 2.55. The fourth-order valence-electron chi connectivity index (χ4n) is 5.20. The summed E-state index contributed by atoms with van der Waals surface area (Å²) in [4.78, 5) is 41.7. The molecule has 202 valence electrons. The van der Waals surface area contributed by atoms with E-state index >= 15 is 0 Å². The summed E-state index contributed by atoms with van der Waals surface area (Å²) >= 11 is 0. The number of carbonyl (C=O) groups is 2. The molecule has 1 saturated heterocycles. The van der Waals surface area contributed by atoms with Gasteiger partial charge in [0.15, 0.2) is 5.58 Å². The molecule has 1 aliphatic heterocycles. The molecule has 2 amide bonds. The molecule has 1 aliphatic rings. The van der Waals surface area contributed by atoms with Crippen molar-refractivity contribution in [2.75, 3.05) is 26.7 Å². The molecule has 0 bridgehead atoms. The van der Waals surface area contributed by atoms with E-state index in [1.807, 2.05) is 43.4 Å². The van der Waals surface area contributed by atoms with Gasteiger partial charge in [-0.15, -0.1) is 0 Å². The van der Waals surface area contributed by atoms with E-state index in [0.29, 0.717) is 29.8 Å². The summed E-state index contributed by atoms with van der Waals surface area (Å²) in [6.07, 6.45) is 0.549. The van der Waals surface area contributed by atoms with Crippen LogP contribution in [0, 0.1) is 0 Å². The predicted molar refractivity (Wildman–Crippen MR) is 147 cm³/mol. The smallest absolute Gasteiger partial charge is 0.408 e. The number of primary amides is 1. The van der Waals surface area contributed by atoms with E-state index in [2.05, 4.69) is 4.90 Å². The first-order valence-corrected chi connectivity index (χ1v) is 13.0. The van der Waals surface area contributed by atoms with Crippen LogP contribution in [-0.2, 0) is 17.8 Å². The quantitative estimate of drug-likeness (QED) is 0.344. The van der Waals surface area contributed by atoms with Crippen LogP contribution < -0.4 is 11.5 Å². The highest BCUT2D eigenvalue weighted by Crippen LogP contribution is 2.25. The molecule has 5 rings (SSSR count). The minimum absolute atomic E-state index is 0.0606. The van der Waals surface area contributed by atoms with Gasteiger partial charge in [-0.05, 0) is 47.4 Å². The average Bonchev–Trinajstić information content (AvgIpc) is 3.49. The van der Waals surface area contributed by atoms with Crippen molar-refractivity contribution in [1.29, 1.82) is 0 Å². The third-order valence-corrected chi connectivity index (χ3v) is 7.36. The van der Waals surface area contributed by atoms with Gasteiger partial charge in [0.25, 0.3) is 0 Å². The molecule has 3 aromatic carbocycles. The molecule has 1 aromatic heterocycles. The normalized spacial score (nSPS) is 16.4. The highest BCUT2D eigenvalue weighted by atomic mass is 16.4. The fraction of sp³-hybridized carbons (Fsp3) is 0.300. The third-order valence-electron chi connectivity index (χ3n) is 7.36. The Balaban J connectivity index is 1.37. The number of fused-ring (bicyclic) bond motifs is 1. The lowest BCUT2D eigenvalue weighted by Gasteiger charge is -2.32. The lowest BCUT2D eigenvalue weighted by Crippen LogP contribution is -2.39. The number of aliphatic hydroxyl groups is 1. The van der Waals surface area contributed by atoms with E-state index < -0.39 is 11.7 Å². The number of likely N-dealkylation sites (N-methyl/N-ethyl adjacent to an activating group) is 1. The number of aliphatic hydroxyl groups excluding tert-OH is 1. The standard InChI is InChI=1S/C30H32N4O5/c1-32(26(22-7-3-2-4-8-22)19-33-13-12-24(35)18-33)28(36)16-20-10-11-27-25(15-20)34(30(38)39-27)17-21-6-5-9-23(14-21)29(31)37/h2-11,14-15,24,26,35H,12-13,16-19H2,1H3,(H2,31,37)/t24-,26?/m0/s1. The van der Waals surface area contributed by atoms with Gasteiger partial charge in [-0.3, -0.25) is 19.1 Å². The number of β-amino-alcohol motifs (C(OH)–C–C–N with tert-alkyl or cyclic N) is 1. The Morgan fingerprint density at radius 3 is 2.59 bits per heavy atom. The second-order valence-electron chi connectivity index (χ2n) is 10.1. The van der Waals surface area contributed by atoms with Gasteiger partial charge in [0.05, 0.1) is 30.6 Å². The van der Waals surface area contributed by atoms with Gasteiger partial charge >= 0.3 is 5.76 Å². The molecule has 0 aliphatic carbocycles. The molecular formula is C30H32N4O5. The number of likely N-dealkylation sites (tertiary alicyclic amines) is 1. The Bertz CT molecular complexity index is 1540. The summed E-state index contributed by atoms with van der Waals surface area (Å²) in [7, 11) is 1.81. The van der Waals surface area contributed by atoms with Gasteiger partial charge in [0.1, 0.15) is 0 Å². The molecule has 2 heterocycles. The zero-order valence-corrected chi connectivity index (χ0v) is 21.8. The molecular weight excluding hydrogens is 496 g/mol. The second kappa shape index (κ2) is 11.3. The van der Waals surface area contributed by atoms with Gasteiger partial charge in [0, 0.05) is 32.2 Å². The van der Waals surface area contributed by atoms with Crippen molar-refractivity contribution in [3.63, 3.8) is 0 Å². The van der Waals surface area contributed by atoms with Gasteiger partial charge in [-0.2, -0.15) is 0 Å². The molecule has 9 nitrogen and oxygen atoms in total. The first-order valence-electron chi connectivity index (χ1n) is 13.0. The molecule has 0 spiro atoms.